The highest BCUT2D eigenvalue weighted by molar-refractivity contribution is 6.31. The van der Waals surface area contributed by atoms with Crippen LogP contribution in [-0.2, 0) is 0 Å². The van der Waals surface area contributed by atoms with Crippen molar-refractivity contribution in [3.8, 4) is 0 Å². The molecule has 5 nitrogen and oxygen atoms in total. The molecule has 1 aromatic heterocycles. The third kappa shape index (κ3) is 3.11. The molecule has 0 spiro atoms. The van der Waals surface area contributed by atoms with E-state index in [0.29, 0.717) is 22.2 Å². The van der Waals surface area contributed by atoms with Crippen LogP contribution in [0.3, 0.4) is 0 Å². The van der Waals surface area contributed by atoms with Crippen molar-refractivity contribution in [3.05, 3.63) is 46.3 Å². The molecule has 106 valence electrons. The van der Waals surface area contributed by atoms with Gasteiger partial charge in [-0.05, 0) is 32.4 Å². The minimum atomic E-state index is -0.327. The molecule has 0 radical (unpaired) electrons. The molecule has 2 amide bonds. The fourth-order valence-electron chi connectivity index (χ4n) is 1.91. The zero-order chi connectivity index (χ0) is 14.7. The highest BCUT2D eigenvalue weighted by atomic mass is 35.5. The quantitative estimate of drug-likeness (QED) is 0.904. The average Bonchev–Trinajstić information content (AvgIpc) is 2.71. The van der Waals surface area contributed by atoms with Gasteiger partial charge in [0.25, 0.3) is 0 Å². The lowest BCUT2D eigenvalue weighted by atomic mass is 10.1. The van der Waals surface area contributed by atoms with Crippen molar-refractivity contribution in [2.24, 2.45) is 0 Å². The number of amides is 2. The average molecular weight is 294 g/mol. The minimum absolute atomic E-state index is 0.204. The fraction of sp³-hybridized carbons (Fsp3) is 0.286. The number of aryl methyl sites for hydroxylation is 2. The maximum Gasteiger partial charge on any atom is 0.319 e. The number of aromatic nitrogens is 1. The maximum absolute atomic E-state index is 12.0. The number of benzene rings is 1. The number of hydrogen-bond acceptors (Lipinski definition) is 3. The number of nitrogens with zero attached hydrogens (tertiary/aromatic N) is 1. The van der Waals surface area contributed by atoms with E-state index >= 15 is 0 Å². The summed E-state index contributed by atoms with van der Waals surface area (Å²) in [5.41, 5.74) is 2.10. The van der Waals surface area contributed by atoms with Gasteiger partial charge in [0, 0.05) is 5.02 Å². The second-order valence-electron chi connectivity index (χ2n) is 4.54. The molecule has 1 heterocycles. The standard InChI is InChI=1S/C14H16ClN3O2/c1-8(11-6-4-5-7-12(11)15)16-14(19)17-13-9(2)18-20-10(13)3/h4-8H,1-3H3,(H2,16,17,19)/t8-/m1/s1. The van der Waals surface area contributed by atoms with Crippen LogP contribution in [0.15, 0.2) is 28.8 Å². The van der Waals surface area contributed by atoms with Crippen LogP contribution in [0, 0.1) is 13.8 Å². The van der Waals surface area contributed by atoms with Crippen molar-refractivity contribution in [2.75, 3.05) is 5.32 Å². The van der Waals surface area contributed by atoms with Gasteiger partial charge in [0.2, 0.25) is 0 Å². The van der Waals surface area contributed by atoms with Gasteiger partial charge in [0.15, 0.2) is 5.76 Å². The Morgan fingerprint density at radius 1 is 1.35 bits per heavy atom. The normalized spacial score (nSPS) is 12.0. The first-order valence-corrected chi connectivity index (χ1v) is 6.61. The van der Waals surface area contributed by atoms with Crippen LogP contribution in [0.25, 0.3) is 0 Å². The summed E-state index contributed by atoms with van der Waals surface area (Å²) >= 11 is 6.10. The number of halogens is 1. The molecule has 2 rings (SSSR count). The van der Waals surface area contributed by atoms with Crippen molar-refractivity contribution in [1.29, 1.82) is 0 Å². The summed E-state index contributed by atoms with van der Waals surface area (Å²) in [6.07, 6.45) is 0. The van der Waals surface area contributed by atoms with Crippen molar-refractivity contribution in [2.45, 2.75) is 26.8 Å². The number of urea groups is 1. The summed E-state index contributed by atoms with van der Waals surface area (Å²) in [6, 6.07) is 6.87. The SMILES string of the molecule is Cc1noc(C)c1NC(=O)N[C@H](C)c1ccccc1Cl. The Balaban J connectivity index is 2.04. The van der Waals surface area contributed by atoms with Crippen LogP contribution in [0.4, 0.5) is 10.5 Å². The Hall–Kier alpha value is -2.01. The summed E-state index contributed by atoms with van der Waals surface area (Å²) in [7, 11) is 0. The van der Waals surface area contributed by atoms with E-state index in [9.17, 15) is 4.79 Å². The number of carbonyl (C=O) groups is 1. The van der Waals surface area contributed by atoms with Crippen LogP contribution < -0.4 is 10.6 Å². The summed E-state index contributed by atoms with van der Waals surface area (Å²) in [5.74, 6) is 0.572. The number of carbonyl (C=O) groups excluding carboxylic acids is 1. The van der Waals surface area contributed by atoms with Crippen molar-refractivity contribution < 1.29 is 9.32 Å². The van der Waals surface area contributed by atoms with Gasteiger partial charge >= 0.3 is 6.03 Å². The first-order valence-electron chi connectivity index (χ1n) is 6.24. The Labute approximate surface area is 122 Å². The van der Waals surface area contributed by atoms with E-state index in [1.807, 2.05) is 25.1 Å². The molecule has 0 saturated carbocycles. The lowest BCUT2D eigenvalue weighted by Crippen LogP contribution is -2.31. The van der Waals surface area contributed by atoms with Gasteiger partial charge in [-0.2, -0.15) is 0 Å². The van der Waals surface area contributed by atoms with Crippen molar-refractivity contribution in [1.82, 2.24) is 10.5 Å². The highest BCUT2D eigenvalue weighted by Crippen LogP contribution is 2.23. The zero-order valence-corrected chi connectivity index (χ0v) is 12.3. The second kappa shape index (κ2) is 5.96. The molecule has 0 aliphatic heterocycles. The zero-order valence-electron chi connectivity index (χ0n) is 11.5. The number of rotatable bonds is 3. The molecule has 1 aromatic carbocycles. The van der Waals surface area contributed by atoms with Crippen molar-refractivity contribution >= 4 is 23.3 Å². The molecule has 20 heavy (non-hydrogen) atoms. The third-order valence-corrected chi connectivity index (χ3v) is 3.34. The van der Waals surface area contributed by atoms with Crippen LogP contribution in [0.2, 0.25) is 5.02 Å². The molecule has 0 unspecified atom stereocenters. The smallest absolute Gasteiger partial charge is 0.319 e. The number of anilines is 1. The van der Waals surface area contributed by atoms with E-state index in [1.54, 1.807) is 19.9 Å². The first-order chi connectivity index (χ1) is 9.49. The predicted molar refractivity (Wildman–Crippen MR) is 78.0 cm³/mol. The lowest BCUT2D eigenvalue weighted by Gasteiger charge is -2.16. The van der Waals surface area contributed by atoms with Gasteiger partial charge in [0.05, 0.1) is 6.04 Å². The molecule has 0 aliphatic rings. The van der Waals surface area contributed by atoms with Gasteiger partial charge in [-0.15, -0.1) is 0 Å². The Bertz CT molecular complexity index is 605. The van der Waals surface area contributed by atoms with E-state index in [2.05, 4.69) is 15.8 Å². The minimum Gasteiger partial charge on any atom is -0.359 e. The second-order valence-corrected chi connectivity index (χ2v) is 4.95. The molecule has 6 heteroatoms. The van der Waals surface area contributed by atoms with E-state index in [1.165, 1.54) is 0 Å². The highest BCUT2D eigenvalue weighted by Gasteiger charge is 2.15. The van der Waals surface area contributed by atoms with E-state index in [0.717, 1.165) is 5.56 Å². The molecule has 0 saturated heterocycles. The number of hydrogen-bond donors (Lipinski definition) is 2. The van der Waals surface area contributed by atoms with Crippen molar-refractivity contribution in [3.63, 3.8) is 0 Å². The van der Waals surface area contributed by atoms with E-state index in [4.69, 9.17) is 16.1 Å². The predicted octanol–water partition coefficient (Wildman–Crippen LogP) is 3.83. The Morgan fingerprint density at radius 2 is 2.05 bits per heavy atom. The summed E-state index contributed by atoms with van der Waals surface area (Å²) < 4.78 is 4.99. The Kier molecular flexibility index (Phi) is 4.29. The molecule has 0 bridgehead atoms. The number of nitrogens with one attached hydrogen (secondary N) is 2. The molecule has 0 fully saturated rings. The largest absolute Gasteiger partial charge is 0.359 e. The lowest BCUT2D eigenvalue weighted by molar-refractivity contribution is 0.249. The third-order valence-electron chi connectivity index (χ3n) is 2.99. The fourth-order valence-corrected chi connectivity index (χ4v) is 2.21. The molecule has 0 aliphatic carbocycles. The van der Waals surface area contributed by atoms with Gasteiger partial charge in [-0.1, -0.05) is 35.0 Å². The van der Waals surface area contributed by atoms with E-state index in [-0.39, 0.29) is 12.1 Å². The Morgan fingerprint density at radius 3 is 2.65 bits per heavy atom. The molecule has 2 N–H and O–H groups in total. The summed E-state index contributed by atoms with van der Waals surface area (Å²) in [4.78, 5) is 12.0. The van der Waals surface area contributed by atoms with E-state index < -0.39 is 0 Å². The topological polar surface area (TPSA) is 67.2 Å². The molecule has 2 aromatic rings. The van der Waals surface area contributed by atoms with Gasteiger partial charge < -0.3 is 15.2 Å². The summed E-state index contributed by atoms with van der Waals surface area (Å²) in [6.45, 7) is 5.38. The summed E-state index contributed by atoms with van der Waals surface area (Å²) in [5, 5.41) is 9.96. The van der Waals surface area contributed by atoms with Crippen LogP contribution >= 0.6 is 11.6 Å². The van der Waals surface area contributed by atoms with Crippen LogP contribution in [0.5, 0.6) is 0 Å². The van der Waals surface area contributed by atoms with Crippen LogP contribution in [-0.4, -0.2) is 11.2 Å². The van der Waals surface area contributed by atoms with Gasteiger partial charge in [-0.25, -0.2) is 4.79 Å². The molecular weight excluding hydrogens is 278 g/mol. The molecule has 1 atom stereocenters. The maximum atomic E-state index is 12.0. The molecular formula is C14H16ClN3O2. The monoisotopic (exact) mass is 293 g/mol. The first kappa shape index (κ1) is 14.4. The van der Waals surface area contributed by atoms with Crippen LogP contribution in [0.1, 0.15) is 30.0 Å². The van der Waals surface area contributed by atoms with Gasteiger partial charge in [0.1, 0.15) is 11.4 Å². The van der Waals surface area contributed by atoms with Gasteiger partial charge in [-0.3, -0.25) is 0 Å².